The van der Waals surface area contributed by atoms with Crippen molar-refractivity contribution in [3.63, 3.8) is 0 Å². The molecule has 0 bridgehead atoms. The van der Waals surface area contributed by atoms with E-state index in [4.69, 9.17) is 4.74 Å². The lowest BCUT2D eigenvalue weighted by atomic mass is 10.1. The van der Waals surface area contributed by atoms with Gasteiger partial charge in [0.05, 0.1) is 12.9 Å². The topological polar surface area (TPSA) is 52.6 Å². The Bertz CT molecular complexity index is 238. The molecule has 72 valence electrons. The molecule has 6 heteroatoms. The van der Waals surface area contributed by atoms with Crippen molar-refractivity contribution in [2.75, 3.05) is 19.5 Å². The maximum atomic E-state index is 12.9. The maximum absolute atomic E-state index is 12.9. The molecular formula is C6H11FO4S. The summed E-state index contributed by atoms with van der Waals surface area (Å²) >= 11 is 0. The number of rotatable bonds is 2. The predicted octanol–water partition coefficient (Wildman–Crippen LogP) is 0.0896. The number of hydrogen-bond donors (Lipinski definition) is 0. The Morgan fingerprint density at radius 1 is 1.58 bits per heavy atom. The van der Waals surface area contributed by atoms with E-state index in [9.17, 15) is 12.8 Å². The van der Waals surface area contributed by atoms with Gasteiger partial charge in [-0.1, -0.05) is 0 Å². The van der Waals surface area contributed by atoms with Gasteiger partial charge in [-0.15, -0.1) is 0 Å². The second kappa shape index (κ2) is 3.68. The average Bonchev–Trinajstić information content (AvgIpc) is 1.91. The first-order chi connectivity index (χ1) is 5.49. The molecule has 1 saturated heterocycles. The standard InChI is InChI=1S/C6H11FO4S/c1-12(8,9)11-6-2-3-10-4-5(6)7/h5-6H,2-4H2,1H3/t5-,6+/m0/s1. The molecule has 1 heterocycles. The van der Waals surface area contributed by atoms with Crippen molar-refractivity contribution in [2.45, 2.75) is 18.7 Å². The van der Waals surface area contributed by atoms with Gasteiger partial charge in [-0.3, -0.25) is 4.18 Å². The fourth-order valence-corrected chi connectivity index (χ4v) is 1.68. The zero-order valence-electron chi connectivity index (χ0n) is 6.70. The molecule has 1 aliphatic rings. The number of hydrogen-bond acceptors (Lipinski definition) is 4. The smallest absolute Gasteiger partial charge is 0.264 e. The van der Waals surface area contributed by atoms with Crippen molar-refractivity contribution in [1.29, 1.82) is 0 Å². The number of halogens is 1. The van der Waals surface area contributed by atoms with Crippen molar-refractivity contribution in [1.82, 2.24) is 0 Å². The fourth-order valence-electron chi connectivity index (χ4n) is 1.02. The third-order valence-electron chi connectivity index (χ3n) is 1.53. The van der Waals surface area contributed by atoms with Crippen LogP contribution in [0.4, 0.5) is 4.39 Å². The van der Waals surface area contributed by atoms with E-state index in [1.54, 1.807) is 0 Å². The average molecular weight is 198 g/mol. The van der Waals surface area contributed by atoms with Crippen LogP contribution >= 0.6 is 0 Å². The number of alkyl halides is 1. The predicted molar refractivity (Wildman–Crippen MR) is 40.0 cm³/mol. The highest BCUT2D eigenvalue weighted by molar-refractivity contribution is 7.86. The summed E-state index contributed by atoms with van der Waals surface area (Å²) in [6, 6.07) is 0. The molecule has 0 aromatic rings. The van der Waals surface area contributed by atoms with Gasteiger partial charge in [0.25, 0.3) is 10.1 Å². The van der Waals surface area contributed by atoms with Gasteiger partial charge in [0, 0.05) is 13.0 Å². The summed E-state index contributed by atoms with van der Waals surface area (Å²) in [7, 11) is -3.55. The molecule has 0 radical (unpaired) electrons. The molecular weight excluding hydrogens is 187 g/mol. The highest BCUT2D eigenvalue weighted by atomic mass is 32.2. The van der Waals surface area contributed by atoms with Gasteiger partial charge in [0.15, 0.2) is 6.17 Å². The summed E-state index contributed by atoms with van der Waals surface area (Å²) in [6.45, 7) is 0.265. The lowest BCUT2D eigenvalue weighted by Crippen LogP contribution is -2.36. The summed E-state index contributed by atoms with van der Waals surface area (Å²) in [6.07, 6.45) is -1.01. The van der Waals surface area contributed by atoms with Gasteiger partial charge in [0.2, 0.25) is 0 Å². The molecule has 1 rings (SSSR count). The molecule has 2 atom stereocenters. The van der Waals surface area contributed by atoms with Crippen LogP contribution in [0.25, 0.3) is 0 Å². The van der Waals surface area contributed by atoms with Crippen LogP contribution in [0.3, 0.4) is 0 Å². The molecule has 1 fully saturated rings. The Balaban J connectivity index is 2.50. The molecule has 4 nitrogen and oxygen atoms in total. The van der Waals surface area contributed by atoms with E-state index < -0.39 is 22.4 Å². The Morgan fingerprint density at radius 2 is 2.25 bits per heavy atom. The van der Waals surface area contributed by atoms with Crippen LogP contribution in [0.5, 0.6) is 0 Å². The summed E-state index contributed by atoms with van der Waals surface area (Å²) < 4.78 is 43.4. The lowest BCUT2D eigenvalue weighted by Gasteiger charge is -2.24. The minimum Gasteiger partial charge on any atom is -0.378 e. The van der Waals surface area contributed by atoms with Crippen LogP contribution in [0.2, 0.25) is 0 Å². The van der Waals surface area contributed by atoms with Crippen LogP contribution in [0.15, 0.2) is 0 Å². The molecule has 0 aromatic carbocycles. The summed E-state index contributed by atoms with van der Waals surface area (Å²) in [4.78, 5) is 0. The van der Waals surface area contributed by atoms with E-state index in [-0.39, 0.29) is 13.0 Å². The van der Waals surface area contributed by atoms with Gasteiger partial charge in [-0.25, -0.2) is 4.39 Å². The minimum absolute atomic E-state index is 0.0831. The van der Waals surface area contributed by atoms with Gasteiger partial charge in [-0.05, 0) is 0 Å². The molecule has 0 unspecified atom stereocenters. The number of ether oxygens (including phenoxy) is 1. The van der Waals surface area contributed by atoms with Crippen LogP contribution in [0, 0.1) is 0 Å². The van der Waals surface area contributed by atoms with E-state index in [1.807, 2.05) is 0 Å². The molecule has 0 spiro atoms. The largest absolute Gasteiger partial charge is 0.378 e. The van der Waals surface area contributed by atoms with Gasteiger partial charge in [0.1, 0.15) is 6.10 Å². The van der Waals surface area contributed by atoms with E-state index in [1.165, 1.54) is 0 Å². The van der Waals surface area contributed by atoms with Crippen molar-refractivity contribution < 1.29 is 21.7 Å². The highest BCUT2D eigenvalue weighted by Crippen LogP contribution is 2.16. The molecule has 0 aliphatic carbocycles. The van der Waals surface area contributed by atoms with Gasteiger partial charge in [-0.2, -0.15) is 8.42 Å². The van der Waals surface area contributed by atoms with Crippen LogP contribution in [0.1, 0.15) is 6.42 Å². The minimum atomic E-state index is -3.55. The van der Waals surface area contributed by atoms with E-state index in [0.29, 0.717) is 6.61 Å². The van der Waals surface area contributed by atoms with Crippen LogP contribution in [-0.2, 0) is 19.0 Å². The molecule has 0 aromatic heterocycles. The Kier molecular flexibility index (Phi) is 3.03. The second-order valence-corrected chi connectivity index (χ2v) is 4.32. The Labute approximate surface area is 70.8 Å². The van der Waals surface area contributed by atoms with E-state index in [2.05, 4.69) is 4.18 Å². The summed E-state index contributed by atoms with van der Waals surface area (Å²) in [5, 5.41) is 0. The Hall–Kier alpha value is -0.200. The lowest BCUT2D eigenvalue weighted by molar-refractivity contribution is -0.0355. The third-order valence-corrected chi connectivity index (χ3v) is 2.12. The van der Waals surface area contributed by atoms with Gasteiger partial charge >= 0.3 is 0 Å². The molecule has 0 saturated carbocycles. The van der Waals surface area contributed by atoms with Crippen molar-refractivity contribution >= 4 is 10.1 Å². The van der Waals surface area contributed by atoms with Crippen molar-refractivity contribution in [3.8, 4) is 0 Å². The summed E-state index contributed by atoms with van der Waals surface area (Å²) in [5.41, 5.74) is 0. The van der Waals surface area contributed by atoms with Crippen molar-refractivity contribution in [2.24, 2.45) is 0 Å². The summed E-state index contributed by atoms with van der Waals surface area (Å²) in [5.74, 6) is 0. The zero-order chi connectivity index (χ0) is 9.19. The quantitative estimate of drug-likeness (QED) is 0.590. The molecule has 1 aliphatic heterocycles. The third kappa shape index (κ3) is 3.04. The van der Waals surface area contributed by atoms with Gasteiger partial charge < -0.3 is 4.74 Å². The van der Waals surface area contributed by atoms with Crippen LogP contribution < -0.4 is 0 Å². The first kappa shape index (κ1) is 9.88. The highest BCUT2D eigenvalue weighted by Gasteiger charge is 2.29. The molecule has 12 heavy (non-hydrogen) atoms. The normalized spacial score (nSPS) is 31.8. The maximum Gasteiger partial charge on any atom is 0.264 e. The monoisotopic (exact) mass is 198 g/mol. The Morgan fingerprint density at radius 3 is 2.75 bits per heavy atom. The van der Waals surface area contributed by atoms with E-state index in [0.717, 1.165) is 6.26 Å². The second-order valence-electron chi connectivity index (χ2n) is 2.72. The first-order valence-corrected chi connectivity index (χ1v) is 5.41. The van der Waals surface area contributed by atoms with Crippen LogP contribution in [-0.4, -0.2) is 40.2 Å². The molecule has 0 N–H and O–H groups in total. The van der Waals surface area contributed by atoms with Crippen molar-refractivity contribution in [3.05, 3.63) is 0 Å². The van der Waals surface area contributed by atoms with E-state index >= 15 is 0 Å². The zero-order valence-corrected chi connectivity index (χ0v) is 7.51. The fraction of sp³-hybridized carbons (Fsp3) is 1.00. The first-order valence-electron chi connectivity index (χ1n) is 3.59. The SMILES string of the molecule is CS(=O)(=O)O[C@@H]1CCOC[C@@H]1F. The molecule has 0 amide bonds.